The van der Waals surface area contributed by atoms with E-state index in [9.17, 15) is 5.11 Å². The summed E-state index contributed by atoms with van der Waals surface area (Å²) in [5.41, 5.74) is 3.43. The summed E-state index contributed by atoms with van der Waals surface area (Å²) in [5.74, 6) is 0.886. The minimum Gasteiger partial charge on any atom is -0.494 e. The van der Waals surface area contributed by atoms with E-state index in [2.05, 4.69) is 18.2 Å². The molecule has 2 aromatic carbocycles. The fraction of sp³-hybridized carbons (Fsp3) is 0.429. The highest BCUT2D eigenvalue weighted by Gasteiger charge is 2.23. The van der Waals surface area contributed by atoms with Crippen LogP contribution in [0.1, 0.15) is 49.0 Å². The van der Waals surface area contributed by atoms with Gasteiger partial charge in [-0.25, -0.2) is 0 Å². The number of aliphatic hydroxyl groups excluding tert-OH is 1. The van der Waals surface area contributed by atoms with Gasteiger partial charge in [-0.2, -0.15) is 0 Å². The quantitative estimate of drug-likeness (QED) is 0.793. The number of hydrogen-bond acceptors (Lipinski definition) is 3. The molecule has 2 atom stereocenters. The van der Waals surface area contributed by atoms with E-state index in [-0.39, 0.29) is 18.8 Å². The zero-order valence-electron chi connectivity index (χ0n) is 14.6. The summed E-state index contributed by atoms with van der Waals surface area (Å²) in [7, 11) is 0. The predicted molar refractivity (Wildman–Crippen MR) is 100 cm³/mol. The third kappa shape index (κ3) is 4.75. The summed E-state index contributed by atoms with van der Waals surface area (Å²) < 4.78 is 11.5. The van der Waals surface area contributed by atoms with E-state index in [1.54, 1.807) is 0 Å². The number of aliphatic hydroxyl groups is 1. The third-order valence-electron chi connectivity index (χ3n) is 4.62. The van der Waals surface area contributed by atoms with Crippen LogP contribution in [-0.2, 0) is 11.2 Å². The number of ether oxygens (including phenoxy) is 2. The molecule has 4 heteroatoms. The van der Waals surface area contributed by atoms with Crippen LogP contribution >= 0.6 is 11.6 Å². The average molecular weight is 361 g/mol. The van der Waals surface area contributed by atoms with Gasteiger partial charge in [-0.05, 0) is 67.5 Å². The van der Waals surface area contributed by atoms with Gasteiger partial charge in [0.1, 0.15) is 5.75 Å². The van der Waals surface area contributed by atoms with E-state index >= 15 is 0 Å². The number of rotatable bonds is 6. The van der Waals surface area contributed by atoms with Crippen molar-refractivity contribution in [1.29, 1.82) is 0 Å². The van der Waals surface area contributed by atoms with E-state index in [1.165, 1.54) is 5.56 Å². The highest BCUT2D eigenvalue weighted by molar-refractivity contribution is 6.31. The first-order chi connectivity index (χ1) is 12.2. The average Bonchev–Trinajstić information content (AvgIpc) is 2.65. The van der Waals surface area contributed by atoms with Gasteiger partial charge in [0.15, 0.2) is 0 Å². The molecule has 0 amide bonds. The maximum atomic E-state index is 9.35. The largest absolute Gasteiger partial charge is 0.494 e. The molecule has 1 aliphatic heterocycles. The van der Waals surface area contributed by atoms with Crippen molar-refractivity contribution in [3.8, 4) is 5.75 Å². The summed E-state index contributed by atoms with van der Waals surface area (Å²) in [4.78, 5) is 0. The Labute approximate surface area is 154 Å². The second-order valence-electron chi connectivity index (χ2n) is 6.46. The van der Waals surface area contributed by atoms with Crippen molar-refractivity contribution in [2.75, 3.05) is 13.2 Å². The van der Waals surface area contributed by atoms with Crippen LogP contribution < -0.4 is 4.74 Å². The molecule has 0 radical (unpaired) electrons. The predicted octanol–water partition coefficient (Wildman–Crippen LogP) is 4.93. The van der Waals surface area contributed by atoms with E-state index in [0.29, 0.717) is 6.61 Å². The molecule has 0 bridgehead atoms. The van der Waals surface area contributed by atoms with Crippen molar-refractivity contribution in [1.82, 2.24) is 0 Å². The van der Waals surface area contributed by atoms with Crippen LogP contribution in [0.2, 0.25) is 5.02 Å². The van der Waals surface area contributed by atoms with Crippen LogP contribution in [0.15, 0.2) is 42.5 Å². The zero-order chi connectivity index (χ0) is 17.6. The fourth-order valence-electron chi connectivity index (χ4n) is 3.30. The first-order valence-electron chi connectivity index (χ1n) is 8.96. The SMILES string of the molecule is CCOc1ccc(Cc2cc([C@H]3CCC[C@@H](CO)O3)ccc2Cl)cc1. The Kier molecular flexibility index (Phi) is 6.35. The molecule has 1 aliphatic rings. The van der Waals surface area contributed by atoms with Crippen molar-refractivity contribution in [3.63, 3.8) is 0 Å². The Bertz CT molecular complexity index is 684. The second-order valence-corrected chi connectivity index (χ2v) is 6.87. The number of halogens is 1. The first-order valence-corrected chi connectivity index (χ1v) is 9.33. The van der Waals surface area contributed by atoms with E-state index in [1.807, 2.05) is 31.2 Å². The molecule has 2 aromatic rings. The van der Waals surface area contributed by atoms with Crippen LogP contribution in [0.5, 0.6) is 5.75 Å². The van der Waals surface area contributed by atoms with Gasteiger partial charge in [0, 0.05) is 5.02 Å². The lowest BCUT2D eigenvalue weighted by atomic mass is 9.95. The molecular formula is C21H25ClO3. The molecule has 0 aliphatic carbocycles. The lowest BCUT2D eigenvalue weighted by molar-refractivity contribution is -0.0737. The van der Waals surface area contributed by atoms with Crippen molar-refractivity contribution in [2.45, 2.75) is 44.8 Å². The molecule has 0 aromatic heterocycles. The maximum absolute atomic E-state index is 9.35. The summed E-state index contributed by atoms with van der Waals surface area (Å²) >= 11 is 6.42. The minimum absolute atomic E-state index is 0.0437. The molecule has 1 N–H and O–H groups in total. The molecule has 134 valence electrons. The Morgan fingerprint density at radius 1 is 1.16 bits per heavy atom. The summed E-state index contributed by atoms with van der Waals surface area (Å²) in [6.07, 6.45) is 3.76. The second kappa shape index (κ2) is 8.70. The number of hydrogen-bond donors (Lipinski definition) is 1. The van der Waals surface area contributed by atoms with Gasteiger partial charge < -0.3 is 14.6 Å². The van der Waals surface area contributed by atoms with Crippen LogP contribution in [0, 0.1) is 0 Å². The highest BCUT2D eigenvalue weighted by Crippen LogP contribution is 2.33. The molecule has 1 heterocycles. The van der Waals surface area contributed by atoms with Crippen molar-refractivity contribution in [3.05, 3.63) is 64.2 Å². The lowest BCUT2D eigenvalue weighted by Gasteiger charge is -2.29. The molecular weight excluding hydrogens is 336 g/mol. The van der Waals surface area contributed by atoms with Gasteiger partial charge in [-0.15, -0.1) is 0 Å². The van der Waals surface area contributed by atoms with Gasteiger partial charge in [0.05, 0.1) is 25.4 Å². The molecule has 0 saturated carbocycles. The van der Waals surface area contributed by atoms with E-state index in [4.69, 9.17) is 21.1 Å². The number of benzene rings is 2. The zero-order valence-corrected chi connectivity index (χ0v) is 15.3. The van der Waals surface area contributed by atoms with Crippen molar-refractivity contribution < 1.29 is 14.6 Å². The smallest absolute Gasteiger partial charge is 0.119 e. The molecule has 1 fully saturated rings. The Hall–Kier alpha value is -1.55. The Morgan fingerprint density at radius 3 is 2.68 bits per heavy atom. The fourth-order valence-corrected chi connectivity index (χ4v) is 3.48. The molecule has 0 unspecified atom stereocenters. The molecule has 3 rings (SSSR count). The third-order valence-corrected chi connectivity index (χ3v) is 4.99. The lowest BCUT2D eigenvalue weighted by Crippen LogP contribution is -2.25. The van der Waals surface area contributed by atoms with Crippen molar-refractivity contribution >= 4 is 11.6 Å². The molecule has 0 spiro atoms. The molecule has 25 heavy (non-hydrogen) atoms. The summed E-state index contributed by atoms with van der Waals surface area (Å²) in [6, 6.07) is 14.3. The maximum Gasteiger partial charge on any atom is 0.119 e. The normalized spacial score (nSPS) is 20.4. The molecule has 3 nitrogen and oxygen atoms in total. The van der Waals surface area contributed by atoms with Gasteiger partial charge in [0.25, 0.3) is 0 Å². The van der Waals surface area contributed by atoms with Gasteiger partial charge in [0.2, 0.25) is 0 Å². The van der Waals surface area contributed by atoms with Crippen LogP contribution in [0.25, 0.3) is 0 Å². The van der Waals surface area contributed by atoms with Crippen LogP contribution in [0.4, 0.5) is 0 Å². The van der Waals surface area contributed by atoms with Crippen LogP contribution in [0.3, 0.4) is 0 Å². The topological polar surface area (TPSA) is 38.7 Å². The monoisotopic (exact) mass is 360 g/mol. The highest BCUT2D eigenvalue weighted by atomic mass is 35.5. The standard InChI is InChI=1S/C21H25ClO3/c1-2-24-18-9-6-15(7-10-18)12-17-13-16(8-11-20(17)22)21-5-3-4-19(14-23)25-21/h6-11,13,19,21,23H,2-5,12,14H2,1H3/t19-,21+/m0/s1. The van der Waals surface area contributed by atoms with Crippen molar-refractivity contribution in [2.24, 2.45) is 0 Å². The summed E-state index contributed by atoms with van der Waals surface area (Å²) in [5, 5.41) is 10.1. The van der Waals surface area contributed by atoms with Gasteiger partial charge >= 0.3 is 0 Å². The minimum atomic E-state index is -0.0519. The van der Waals surface area contributed by atoms with Crippen LogP contribution in [-0.4, -0.2) is 24.4 Å². The Balaban J connectivity index is 1.75. The van der Waals surface area contributed by atoms with E-state index < -0.39 is 0 Å². The molecule has 1 saturated heterocycles. The summed E-state index contributed by atoms with van der Waals surface area (Å²) in [6.45, 7) is 2.74. The van der Waals surface area contributed by atoms with Gasteiger partial charge in [-0.1, -0.05) is 35.9 Å². The first kappa shape index (κ1) is 18.2. The van der Waals surface area contributed by atoms with Gasteiger partial charge in [-0.3, -0.25) is 0 Å². The van der Waals surface area contributed by atoms with E-state index in [0.717, 1.165) is 47.6 Å². The Morgan fingerprint density at radius 2 is 1.96 bits per heavy atom.